The van der Waals surface area contributed by atoms with E-state index >= 15 is 0 Å². The molecule has 0 spiro atoms. The Hall–Kier alpha value is -6.38. The topological polar surface area (TPSA) is 358 Å². The maximum atomic E-state index is 13.1. The highest BCUT2D eigenvalue weighted by atomic mass is 32.2. The second-order valence-electron chi connectivity index (χ2n) is 16.3. The molecule has 0 aliphatic carbocycles. The summed E-state index contributed by atoms with van der Waals surface area (Å²) in [5.74, 6) is -1.15. The van der Waals surface area contributed by atoms with Crippen molar-refractivity contribution in [3.05, 3.63) is 91.5 Å². The van der Waals surface area contributed by atoms with Gasteiger partial charge in [-0.2, -0.15) is 20.8 Å². The van der Waals surface area contributed by atoms with Crippen LogP contribution in [-0.4, -0.2) is 162 Å². The number of hydrogen-bond acceptors (Lipinski definition) is 22. The number of ether oxygens (including phenoxy) is 4. The summed E-state index contributed by atoms with van der Waals surface area (Å²) in [5, 5.41) is 75.7. The molecule has 6 N–H and O–H groups in total. The van der Waals surface area contributed by atoms with E-state index in [-0.39, 0.29) is 134 Å². The molecule has 0 unspecified atom stereocenters. The Morgan fingerprint density at radius 1 is 0.581 bits per heavy atom. The van der Waals surface area contributed by atoms with E-state index in [1.165, 1.54) is 62.8 Å². The fourth-order valence-corrected chi connectivity index (χ4v) is 9.72. The zero-order chi connectivity index (χ0) is 53.7. The summed E-state index contributed by atoms with van der Waals surface area (Å²) in [4.78, 5) is 30.4. The van der Waals surface area contributed by atoms with Crippen LogP contribution in [0, 0.1) is 22.7 Å². The molecule has 5 rings (SSSR count). The molecule has 0 amide bonds. The second kappa shape index (κ2) is 28.9. The van der Waals surface area contributed by atoms with Crippen LogP contribution in [0.1, 0.15) is 35.1 Å². The number of aromatic hydroxyl groups is 2. The molecule has 74 heavy (non-hydrogen) atoms. The lowest BCUT2D eigenvalue weighted by Crippen LogP contribution is -2.47. The molecular weight excluding hydrogens is 1010 g/mol. The summed E-state index contributed by atoms with van der Waals surface area (Å²) < 4.78 is 80.2. The highest BCUT2D eigenvalue weighted by molar-refractivity contribution is 7.89. The van der Waals surface area contributed by atoms with Crippen LogP contribution >= 0.6 is 0 Å². The number of nitrogens with zero attached hydrogens (tertiary/aromatic N) is 10. The number of pyridine rings is 2. The number of aliphatic hydroxyl groups is 2. The number of azo groups is 2. The Bertz CT molecular complexity index is 2800. The van der Waals surface area contributed by atoms with Crippen LogP contribution in [-0.2, 0) is 65.3 Å². The van der Waals surface area contributed by atoms with Crippen molar-refractivity contribution in [1.82, 2.24) is 28.4 Å². The molecule has 1 aliphatic heterocycles. The molecule has 2 aromatic carbocycles. The van der Waals surface area contributed by atoms with E-state index in [4.69, 9.17) is 29.2 Å². The summed E-state index contributed by atoms with van der Waals surface area (Å²) in [7, 11) is -5.07. The third-order valence-corrected chi connectivity index (χ3v) is 14.3. The van der Waals surface area contributed by atoms with Gasteiger partial charge in [-0.05, 0) is 74.5 Å². The van der Waals surface area contributed by atoms with Gasteiger partial charge in [0.2, 0.25) is 31.8 Å². The molecule has 1 saturated heterocycles. The van der Waals surface area contributed by atoms with Gasteiger partial charge in [-0.3, -0.25) is 18.7 Å². The van der Waals surface area contributed by atoms with E-state index in [1.807, 2.05) is 12.1 Å². The number of piperazine rings is 1. The monoisotopic (exact) mass is 1070 g/mol. The predicted molar refractivity (Wildman–Crippen MR) is 265 cm³/mol. The van der Waals surface area contributed by atoms with E-state index in [2.05, 4.69) is 39.7 Å². The van der Waals surface area contributed by atoms with Crippen LogP contribution in [0.4, 0.5) is 22.7 Å². The number of sulfonamides is 2. The van der Waals surface area contributed by atoms with E-state index in [0.717, 1.165) is 35.3 Å². The van der Waals surface area contributed by atoms with Gasteiger partial charge < -0.3 is 49.2 Å². The Kier molecular flexibility index (Phi) is 22.9. The quantitative estimate of drug-likeness (QED) is 0.0321. The van der Waals surface area contributed by atoms with Crippen molar-refractivity contribution >= 4 is 42.8 Å². The molecule has 28 heteroatoms. The number of aliphatic hydroxyl groups excluding tert-OH is 2. The molecule has 0 radical (unpaired) electrons. The summed E-state index contributed by atoms with van der Waals surface area (Å²) in [5.41, 5.74) is -2.06. The highest BCUT2D eigenvalue weighted by Crippen LogP contribution is 2.35. The average Bonchev–Trinajstić information content (AvgIpc) is 3.39. The molecule has 2 aromatic heterocycles. The fraction of sp³-hybridized carbons (Fsp3) is 0.478. The molecule has 4 aromatic rings. The number of benzene rings is 2. The Morgan fingerprint density at radius 3 is 1.27 bits per heavy atom. The standard InChI is InChI=1S/C46H60N12O14S2/c1-69-31-39-37(29-47)43(61)57(21-25-71-27-23-59)45(63)41(39)53-51-33-5-9-35(10-6-33)73(65,66)49-13-3-15-55-17-19-56(20-18-55)16-4-14-50-74(67,68)36-11-7-34(8-12-36)52-54-42-40(32-70-2)38(30-48)44(62)58(46(42)64)22-26-72-28-24-60/h5-12,49-50,59-60,63-64H,3-4,13-28,31-32H2,1-2H3/b53-51+,54-52+. The van der Waals surface area contributed by atoms with E-state index < -0.39 is 42.9 Å². The Morgan fingerprint density at radius 2 is 0.946 bits per heavy atom. The average molecular weight is 1070 g/mol. The Balaban J connectivity index is 1.05. The van der Waals surface area contributed by atoms with Crippen LogP contribution in [0.3, 0.4) is 0 Å². The van der Waals surface area contributed by atoms with Crippen molar-refractivity contribution < 1.29 is 56.2 Å². The van der Waals surface area contributed by atoms with Gasteiger partial charge in [0.25, 0.3) is 11.1 Å². The molecule has 400 valence electrons. The maximum absolute atomic E-state index is 13.1. The summed E-state index contributed by atoms with van der Waals surface area (Å²) >= 11 is 0. The summed E-state index contributed by atoms with van der Waals surface area (Å²) in [6.07, 6.45) is 1.10. The molecule has 26 nitrogen and oxygen atoms in total. The van der Waals surface area contributed by atoms with Crippen LogP contribution in [0.5, 0.6) is 11.8 Å². The van der Waals surface area contributed by atoms with Crippen LogP contribution in [0.2, 0.25) is 0 Å². The van der Waals surface area contributed by atoms with Crippen molar-refractivity contribution in [3.8, 4) is 23.9 Å². The smallest absolute Gasteiger partial charge is 0.271 e. The number of rotatable bonds is 30. The van der Waals surface area contributed by atoms with Crippen molar-refractivity contribution in [2.24, 2.45) is 20.5 Å². The van der Waals surface area contributed by atoms with Crippen LogP contribution in [0.25, 0.3) is 0 Å². The van der Waals surface area contributed by atoms with E-state index in [1.54, 1.807) is 0 Å². The fourth-order valence-electron chi connectivity index (χ4n) is 7.57. The third-order valence-electron chi connectivity index (χ3n) is 11.4. The van der Waals surface area contributed by atoms with Crippen LogP contribution < -0.4 is 20.6 Å². The lowest BCUT2D eigenvalue weighted by atomic mass is 10.1. The predicted octanol–water partition coefficient (Wildman–Crippen LogP) is 1.96. The molecule has 0 atom stereocenters. The minimum atomic E-state index is -3.88. The highest BCUT2D eigenvalue weighted by Gasteiger charge is 2.25. The summed E-state index contributed by atoms with van der Waals surface area (Å²) in [6.45, 7) is 3.40. The number of hydrogen-bond donors (Lipinski definition) is 6. The van der Waals surface area contributed by atoms with Crippen molar-refractivity contribution in [2.45, 2.75) is 48.9 Å². The van der Waals surface area contributed by atoms with Gasteiger partial charge >= 0.3 is 0 Å². The molecule has 0 bridgehead atoms. The normalized spacial score (nSPS) is 13.8. The second-order valence-corrected chi connectivity index (χ2v) is 19.8. The van der Waals surface area contributed by atoms with Crippen molar-refractivity contribution in [3.63, 3.8) is 0 Å². The van der Waals surface area contributed by atoms with Gasteiger partial charge in [-0.25, -0.2) is 26.3 Å². The number of methoxy groups -OCH3 is 2. The zero-order valence-electron chi connectivity index (χ0n) is 40.9. The molecule has 3 heterocycles. The lowest BCUT2D eigenvalue weighted by molar-refractivity contribution is 0.0853. The minimum Gasteiger partial charge on any atom is -0.493 e. The lowest BCUT2D eigenvalue weighted by Gasteiger charge is -2.34. The SMILES string of the molecule is COCc1c(/N=N/c2ccc(S(=O)(=O)NCCCN3CCN(CCCNS(=O)(=O)c4ccc(/N=N/c5c(COC)c(C#N)c(=O)n(CCOCCO)c5O)cc4)CC3)cc2)c(O)n(CCOCCO)c(=O)c1C#N. The first-order chi connectivity index (χ1) is 35.6. The molecule has 1 aliphatic rings. The first-order valence-corrected chi connectivity index (χ1v) is 26.2. The summed E-state index contributed by atoms with van der Waals surface area (Å²) in [6, 6.07) is 14.7. The Labute approximate surface area is 427 Å². The van der Waals surface area contributed by atoms with Gasteiger partial charge in [0, 0.05) is 64.6 Å². The van der Waals surface area contributed by atoms with Gasteiger partial charge in [-0.1, -0.05) is 0 Å². The zero-order valence-corrected chi connectivity index (χ0v) is 42.6. The first kappa shape index (κ1) is 58.5. The largest absolute Gasteiger partial charge is 0.493 e. The minimum absolute atomic E-state index is 0.00886. The van der Waals surface area contributed by atoms with Crippen molar-refractivity contribution in [2.75, 3.05) is 106 Å². The third kappa shape index (κ3) is 15.8. The maximum Gasteiger partial charge on any atom is 0.271 e. The van der Waals surface area contributed by atoms with Gasteiger partial charge in [0.1, 0.15) is 23.3 Å². The van der Waals surface area contributed by atoms with E-state index in [9.17, 15) is 47.2 Å². The van der Waals surface area contributed by atoms with Crippen molar-refractivity contribution in [1.29, 1.82) is 10.5 Å². The molecular formula is C46H60N12O14S2. The van der Waals surface area contributed by atoms with Crippen LogP contribution in [0.15, 0.2) is 88.4 Å². The molecule has 0 saturated carbocycles. The van der Waals surface area contributed by atoms with Gasteiger partial charge in [-0.15, -0.1) is 10.2 Å². The van der Waals surface area contributed by atoms with Gasteiger partial charge in [0.15, 0.2) is 11.4 Å². The molecule has 1 fully saturated rings. The van der Waals surface area contributed by atoms with Gasteiger partial charge in [0.05, 0.1) is 87.1 Å². The first-order valence-electron chi connectivity index (χ1n) is 23.2. The number of aromatic nitrogens is 2. The number of nitrogens with one attached hydrogen (secondary N) is 2. The van der Waals surface area contributed by atoms with E-state index in [0.29, 0.717) is 25.9 Å². The number of nitriles is 2.